The topological polar surface area (TPSA) is 61.4 Å². The molecule has 0 radical (unpaired) electrons. The number of carbonyl (C=O) groups excluding carboxylic acids is 2. The summed E-state index contributed by atoms with van der Waals surface area (Å²) >= 11 is 0. The van der Waals surface area contributed by atoms with Crippen LogP contribution in [0, 0.1) is 5.92 Å². The van der Waals surface area contributed by atoms with E-state index < -0.39 is 0 Å². The standard InChI is InChI=1S/C14H27N3O2/c1-3-17(4-2)14(19)7-10-16-13(18)11-12-5-8-15-9-6-12/h12,15H,3-11H2,1-2H3,(H,16,18). The Hall–Kier alpha value is -1.10. The second kappa shape index (κ2) is 8.91. The third-order valence-corrected chi connectivity index (χ3v) is 3.71. The first-order chi connectivity index (χ1) is 9.17. The Bertz CT molecular complexity index is 284. The van der Waals surface area contributed by atoms with E-state index in [9.17, 15) is 9.59 Å². The van der Waals surface area contributed by atoms with E-state index in [2.05, 4.69) is 10.6 Å². The second-order valence-electron chi connectivity index (χ2n) is 5.06. The summed E-state index contributed by atoms with van der Waals surface area (Å²) < 4.78 is 0. The molecule has 2 amide bonds. The highest BCUT2D eigenvalue weighted by Gasteiger charge is 2.17. The van der Waals surface area contributed by atoms with Gasteiger partial charge in [-0.2, -0.15) is 0 Å². The van der Waals surface area contributed by atoms with Crippen molar-refractivity contribution in [1.29, 1.82) is 0 Å². The maximum absolute atomic E-state index is 11.7. The predicted molar refractivity (Wildman–Crippen MR) is 75.8 cm³/mol. The number of nitrogens with zero attached hydrogens (tertiary/aromatic N) is 1. The van der Waals surface area contributed by atoms with Gasteiger partial charge in [0.2, 0.25) is 11.8 Å². The molecule has 1 fully saturated rings. The molecule has 1 aliphatic rings. The minimum atomic E-state index is 0.0826. The average Bonchev–Trinajstić information content (AvgIpc) is 2.41. The van der Waals surface area contributed by atoms with E-state index in [0.717, 1.165) is 39.0 Å². The van der Waals surface area contributed by atoms with Crippen molar-refractivity contribution in [2.24, 2.45) is 5.92 Å². The summed E-state index contributed by atoms with van der Waals surface area (Å²) in [5.74, 6) is 0.700. The van der Waals surface area contributed by atoms with Gasteiger partial charge in [0.1, 0.15) is 0 Å². The van der Waals surface area contributed by atoms with Crippen LogP contribution in [0.2, 0.25) is 0 Å². The Balaban J connectivity index is 2.14. The molecular weight excluding hydrogens is 242 g/mol. The molecule has 5 nitrogen and oxygen atoms in total. The SMILES string of the molecule is CCN(CC)C(=O)CCNC(=O)CC1CCNCC1. The van der Waals surface area contributed by atoms with Crippen LogP contribution in [0.15, 0.2) is 0 Å². The monoisotopic (exact) mass is 269 g/mol. The highest BCUT2D eigenvalue weighted by molar-refractivity contribution is 5.79. The molecule has 19 heavy (non-hydrogen) atoms. The number of piperidine rings is 1. The van der Waals surface area contributed by atoms with Gasteiger partial charge in [-0.15, -0.1) is 0 Å². The molecular formula is C14H27N3O2. The molecule has 1 rings (SSSR count). The third-order valence-electron chi connectivity index (χ3n) is 3.71. The highest BCUT2D eigenvalue weighted by atomic mass is 16.2. The summed E-state index contributed by atoms with van der Waals surface area (Å²) in [6, 6.07) is 0. The maximum Gasteiger partial charge on any atom is 0.224 e. The molecule has 0 aliphatic carbocycles. The molecule has 0 atom stereocenters. The number of hydrogen-bond donors (Lipinski definition) is 2. The van der Waals surface area contributed by atoms with Crippen molar-refractivity contribution in [3.05, 3.63) is 0 Å². The summed E-state index contributed by atoms with van der Waals surface area (Å²) in [5.41, 5.74) is 0. The van der Waals surface area contributed by atoms with Crippen molar-refractivity contribution in [2.75, 3.05) is 32.7 Å². The highest BCUT2D eigenvalue weighted by Crippen LogP contribution is 2.15. The van der Waals surface area contributed by atoms with Crippen LogP contribution in [0.5, 0.6) is 0 Å². The van der Waals surface area contributed by atoms with Gasteiger partial charge in [0, 0.05) is 32.5 Å². The minimum absolute atomic E-state index is 0.0826. The lowest BCUT2D eigenvalue weighted by Gasteiger charge is -2.22. The summed E-state index contributed by atoms with van der Waals surface area (Å²) in [6.45, 7) is 7.89. The number of nitrogens with one attached hydrogen (secondary N) is 2. The van der Waals surface area contributed by atoms with Crippen LogP contribution in [0.25, 0.3) is 0 Å². The van der Waals surface area contributed by atoms with Gasteiger partial charge in [-0.05, 0) is 45.7 Å². The number of hydrogen-bond acceptors (Lipinski definition) is 3. The van der Waals surface area contributed by atoms with Crippen LogP contribution in [0.3, 0.4) is 0 Å². The molecule has 0 aromatic carbocycles. The van der Waals surface area contributed by atoms with Crippen molar-refractivity contribution < 1.29 is 9.59 Å². The van der Waals surface area contributed by atoms with Gasteiger partial charge in [0.15, 0.2) is 0 Å². The Kier molecular flexibility index (Phi) is 7.48. The van der Waals surface area contributed by atoms with E-state index in [-0.39, 0.29) is 11.8 Å². The molecule has 1 heterocycles. The van der Waals surface area contributed by atoms with Crippen molar-refractivity contribution in [2.45, 2.75) is 39.5 Å². The number of rotatable bonds is 7. The second-order valence-corrected chi connectivity index (χ2v) is 5.06. The van der Waals surface area contributed by atoms with Crippen molar-refractivity contribution in [3.63, 3.8) is 0 Å². The largest absolute Gasteiger partial charge is 0.356 e. The predicted octanol–water partition coefficient (Wildman–Crippen LogP) is 0.751. The maximum atomic E-state index is 11.7. The van der Waals surface area contributed by atoms with Crippen LogP contribution in [-0.2, 0) is 9.59 Å². The van der Waals surface area contributed by atoms with E-state index >= 15 is 0 Å². The van der Waals surface area contributed by atoms with Crippen LogP contribution < -0.4 is 10.6 Å². The first kappa shape index (κ1) is 16.0. The van der Waals surface area contributed by atoms with E-state index in [1.54, 1.807) is 4.90 Å². The molecule has 1 saturated heterocycles. The number of amides is 2. The van der Waals surface area contributed by atoms with Crippen molar-refractivity contribution >= 4 is 11.8 Å². The molecule has 1 aliphatic heterocycles. The molecule has 0 aromatic rings. The third kappa shape index (κ3) is 6.05. The molecule has 2 N–H and O–H groups in total. The molecule has 0 aromatic heterocycles. The van der Waals surface area contributed by atoms with Crippen molar-refractivity contribution in [1.82, 2.24) is 15.5 Å². The summed E-state index contributed by atoms with van der Waals surface area (Å²) in [5, 5.41) is 6.15. The molecule has 0 saturated carbocycles. The first-order valence-corrected chi connectivity index (χ1v) is 7.42. The lowest BCUT2D eigenvalue weighted by molar-refractivity contribution is -0.130. The Morgan fingerprint density at radius 2 is 1.84 bits per heavy atom. The summed E-state index contributed by atoms with van der Waals surface area (Å²) in [4.78, 5) is 25.3. The quantitative estimate of drug-likeness (QED) is 0.717. The van der Waals surface area contributed by atoms with Crippen LogP contribution >= 0.6 is 0 Å². The molecule has 0 unspecified atom stereocenters. The zero-order chi connectivity index (χ0) is 14.1. The summed E-state index contributed by atoms with van der Waals surface area (Å²) in [7, 11) is 0. The molecule has 0 spiro atoms. The molecule has 5 heteroatoms. The minimum Gasteiger partial charge on any atom is -0.356 e. The van der Waals surface area contributed by atoms with Crippen LogP contribution in [-0.4, -0.2) is 49.4 Å². The van der Waals surface area contributed by atoms with Gasteiger partial charge in [0.05, 0.1) is 0 Å². The summed E-state index contributed by atoms with van der Waals surface area (Å²) in [6.07, 6.45) is 3.15. The lowest BCUT2D eigenvalue weighted by Crippen LogP contribution is -2.35. The van der Waals surface area contributed by atoms with E-state index in [0.29, 0.717) is 25.3 Å². The van der Waals surface area contributed by atoms with Gasteiger partial charge in [-0.3, -0.25) is 9.59 Å². The smallest absolute Gasteiger partial charge is 0.224 e. The Labute approximate surface area is 116 Å². The Morgan fingerprint density at radius 1 is 1.21 bits per heavy atom. The van der Waals surface area contributed by atoms with Gasteiger partial charge in [0.25, 0.3) is 0 Å². The first-order valence-electron chi connectivity index (χ1n) is 7.42. The van der Waals surface area contributed by atoms with Gasteiger partial charge in [-0.1, -0.05) is 0 Å². The van der Waals surface area contributed by atoms with Crippen LogP contribution in [0.4, 0.5) is 0 Å². The zero-order valence-electron chi connectivity index (χ0n) is 12.2. The average molecular weight is 269 g/mol. The lowest BCUT2D eigenvalue weighted by atomic mass is 9.94. The molecule has 110 valence electrons. The fourth-order valence-electron chi connectivity index (χ4n) is 2.46. The van der Waals surface area contributed by atoms with E-state index in [1.165, 1.54) is 0 Å². The Morgan fingerprint density at radius 3 is 2.42 bits per heavy atom. The van der Waals surface area contributed by atoms with Gasteiger partial charge >= 0.3 is 0 Å². The fourth-order valence-corrected chi connectivity index (χ4v) is 2.46. The van der Waals surface area contributed by atoms with E-state index in [4.69, 9.17) is 0 Å². The fraction of sp³-hybridized carbons (Fsp3) is 0.857. The molecule has 0 bridgehead atoms. The van der Waals surface area contributed by atoms with Gasteiger partial charge < -0.3 is 15.5 Å². The number of carbonyl (C=O) groups is 2. The zero-order valence-corrected chi connectivity index (χ0v) is 12.2. The van der Waals surface area contributed by atoms with E-state index in [1.807, 2.05) is 13.8 Å². The normalized spacial score (nSPS) is 16.1. The van der Waals surface area contributed by atoms with Crippen molar-refractivity contribution in [3.8, 4) is 0 Å². The van der Waals surface area contributed by atoms with Crippen LogP contribution in [0.1, 0.15) is 39.5 Å². The van der Waals surface area contributed by atoms with Gasteiger partial charge in [-0.25, -0.2) is 0 Å².